The summed E-state index contributed by atoms with van der Waals surface area (Å²) in [6, 6.07) is 0.897. The zero-order valence-corrected chi connectivity index (χ0v) is 33.8. The highest BCUT2D eigenvalue weighted by Crippen LogP contribution is 2.17. The van der Waals surface area contributed by atoms with Gasteiger partial charge in [0.25, 0.3) is 0 Å². The molecule has 0 atom stereocenters. The molecule has 47 heavy (non-hydrogen) atoms. The van der Waals surface area contributed by atoms with Crippen molar-refractivity contribution in [2.75, 3.05) is 41.0 Å². The minimum atomic E-state index is -2.47. The number of hydrogen-bond acceptors (Lipinski definition) is 4. The van der Waals surface area contributed by atoms with E-state index in [1.807, 2.05) is 0 Å². The third-order valence-electron chi connectivity index (χ3n) is 9.86. The summed E-state index contributed by atoms with van der Waals surface area (Å²) in [5.41, 5.74) is 0. The molecule has 0 saturated carbocycles. The van der Waals surface area contributed by atoms with E-state index in [2.05, 4.69) is 43.1 Å². The minimum absolute atomic E-state index is 0.897. The first-order chi connectivity index (χ1) is 23.2. The van der Waals surface area contributed by atoms with Crippen LogP contribution in [0.3, 0.4) is 0 Å². The van der Waals surface area contributed by atoms with Gasteiger partial charge in [0.05, 0.1) is 0 Å². The summed E-state index contributed by atoms with van der Waals surface area (Å²) in [5, 5.41) is 0. The summed E-state index contributed by atoms with van der Waals surface area (Å²) >= 11 is 0. The van der Waals surface area contributed by atoms with Crippen LogP contribution in [0.25, 0.3) is 0 Å². The van der Waals surface area contributed by atoms with Gasteiger partial charge in [-0.2, -0.15) is 0 Å². The third kappa shape index (κ3) is 32.5. The van der Waals surface area contributed by atoms with Gasteiger partial charge >= 0.3 is 8.80 Å². The molecule has 0 bridgehead atoms. The molecule has 0 aromatic heterocycles. The van der Waals surface area contributed by atoms with Gasteiger partial charge in [0.2, 0.25) is 0 Å². The molecule has 0 aromatic carbocycles. The summed E-state index contributed by atoms with van der Waals surface area (Å²) in [5.74, 6) is 0. The van der Waals surface area contributed by atoms with E-state index in [1.165, 1.54) is 193 Å². The van der Waals surface area contributed by atoms with Crippen LogP contribution in [-0.2, 0) is 13.3 Å². The van der Waals surface area contributed by atoms with Crippen LogP contribution >= 0.6 is 0 Å². The van der Waals surface area contributed by atoms with Gasteiger partial charge in [-0.3, -0.25) is 0 Å². The smallest absolute Gasteiger partial charge is 0.377 e. The molecule has 0 aromatic rings. The van der Waals surface area contributed by atoms with Gasteiger partial charge in [0.15, 0.2) is 0 Å². The van der Waals surface area contributed by atoms with Gasteiger partial charge in [-0.1, -0.05) is 154 Å². The van der Waals surface area contributed by atoms with Gasteiger partial charge in [0, 0.05) is 27.4 Å². The van der Waals surface area contributed by atoms with Crippen molar-refractivity contribution in [1.82, 2.24) is 4.90 Å². The van der Waals surface area contributed by atoms with E-state index in [-0.39, 0.29) is 0 Å². The Morgan fingerprint density at radius 1 is 0.362 bits per heavy atom. The Hall–Kier alpha value is -0.463. The van der Waals surface area contributed by atoms with Crippen molar-refractivity contribution < 1.29 is 13.3 Å². The highest BCUT2D eigenvalue weighted by molar-refractivity contribution is 6.60. The molecule has 0 rings (SSSR count). The molecule has 280 valence electrons. The summed E-state index contributed by atoms with van der Waals surface area (Å²) in [7, 11) is 2.72. The number of rotatable bonds is 39. The number of nitrogens with zero attached hydrogens (tertiary/aromatic N) is 1. The van der Waals surface area contributed by atoms with E-state index >= 15 is 0 Å². The van der Waals surface area contributed by atoms with Gasteiger partial charge in [0.1, 0.15) is 0 Å². The van der Waals surface area contributed by atoms with Crippen LogP contribution in [0, 0.1) is 0 Å². The van der Waals surface area contributed by atoms with Crippen molar-refractivity contribution in [3.63, 3.8) is 0 Å². The lowest BCUT2D eigenvalue weighted by atomic mass is 10.1. The lowest BCUT2D eigenvalue weighted by Crippen LogP contribution is -2.43. The maximum atomic E-state index is 5.67. The van der Waals surface area contributed by atoms with Gasteiger partial charge in [-0.25, -0.2) is 0 Å². The molecule has 0 amide bonds. The van der Waals surface area contributed by atoms with E-state index in [0.29, 0.717) is 0 Å². The zero-order valence-electron chi connectivity index (χ0n) is 32.8. The molecule has 0 saturated heterocycles. The maximum absolute atomic E-state index is 5.67. The molecule has 4 nitrogen and oxygen atoms in total. The molecule has 0 unspecified atom stereocenters. The first-order valence-corrected chi connectivity index (χ1v) is 22.8. The quantitative estimate of drug-likeness (QED) is 0.0367. The summed E-state index contributed by atoms with van der Waals surface area (Å²) in [6.45, 7) is 8.17. The molecule has 5 heteroatoms. The Balaban J connectivity index is 4.04. The Morgan fingerprint density at radius 2 is 0.638 bits per heavy atom. The summed E-state index contributed by atoms with van der Waals surface area (Å²) in [6.07, 6.45) is 49.2. The van der Waals surface area contributed by atoms with Crippen molar-refractivity contribution in [2.45, 2.75) is 206 Å². The molecule has 0 heterocycles. The van der Waals surface area contributed by atoms with Gasteiger partial charge in [-0.05, 0) is 90.3 Å². The highest BCUT2D eigenvalue weighted by atomic mass is 28.4. The first kappa shape index (κ1) is 46.5. The largest absolute Gasteiger partial charge is 0.500 e. The summed E-state index contributed by atoms with van der Waals surface area (Å²) < 4.78 is 17.0. The lowest BCUT2D eigenvalue weighted by molar-refractivity contribution is 0.121. The second-order valence-electron chi connectivity index (χ2n) is 14.1. The van der Waals surface area contributed by atoms with E-state index in [4.69, 9.17) is 13.3 Å². The topological polar surface area (TPSA) is 30.9 Å². The van der Waals surface area contributed by atoms with Gasteiger partial charge < -0.3 is 18.2 Å². The van der Waals surface area contributed by atoms with Crippen molar-refractivity contribution in [3.8, 4) is 0 Å². The van der Waals surface area contributed by atoms with E-state index in [9.17, 15) is 0 Å². The minimum Gasteiger partial charge on any atom is -0.377 e. The van der Waals surface area contributed by atoms with E-state index in [0.717, 1.165) is 19.0 Å². The van der Waals surface area contributed by atoms with Crippen molar-refractivity contribution >= 4 is 8.80 Å². The fourth-order valence-electron chi connectivity index (χ4n) is 6.58. The second-order valence-corrected chi connectivity index (χ2v) is 17.2. The Labute approximate surface area is 297 Å². The predicted octanol–water partition coefficient (Wildman–Crippen LogP) is 13.6. The molecule has 0 aliphatic carbocycles. The van der Waals surface area contributed by atoms with Crippen LogP contribution in [-0.4, -0.2) is 54.7 Å². The Kier molecular flexibility index (Phi) is 38.0. The number of hydrogen-bond donors (Lipinski definition) is 0. The van der Waals surface area contributed by atoms with Crippen molar-refractivity contribution in [1.29, 1.82) is 0 Å². The van der Waals surface area contributed by atoms with Crippen LogP contribution in [0.1, 0.15) is 200 Å². The third-order valence-corrected chi connectivity index (χ3v) is 12.7. The van der Waals surface area contributed by atoms with Crippen molar-refractivity contribution in [3.05, 3.63) is 24.3 Å². The van der Waals surface area contributed by atoms with Crippen LogP contribution in [0.5, 0.6) is 0 Å². The summed E-state index contributed by atoms with van der Waals surface area (Å²) in [4.78, 5) is 2.71. The van der Waals surface area contributed by atoms with E-state index < -0.39 is 8.80 Å². The van der Waals surface area contributed by atoms with Crippen LogP contribution < -0.4 is 0 Å². The standard InChI is InChI=1S/C42H85NO3Si/c1-6-8-10-12-14-16-18-20-22-24-26-28-30-32-34-36-39-43(41-38-42-47(44-3,45-4)46-5)40-37-35-33-31-29-27-25-23-21-19-17-15-13-11-9-7-2/h20-23H,6-19,24-42H2,1-5H3/b22-20-,23-21-. The lowest BCUT2D eigenvalue weighted by Gasteiger charge is -2.27. The molecule has 0 aliphatic rings. The second kappa shape index (κ2) is 38.3. The van der Waals surface area contributed by atoms with Crippen molar-refractivity contribution in [2.24, 2.45) is 0 Å². The molecule has 0 fully saturated rings. The normalized spacial score (nSPS) is 12.5. The number of allylic oxidation sites excluding steroid dienone is 4. The molecule has 0 radical (unpaired) electrons. The molecule has 0 N–H and O–H groups in total. The molecule has 0 spiro atoms. The highest BCUT2D eigenvalue weighted by Gasteiger charge is 2.37. The fourth-order valence-corrected chi connectivity index (χ4v) is 8.28. The van der Waals surface area contributed by atoms with Crippen LogP contribution in [0.2, 0.25) is 6.04 Å². The monoisotopic (exact) mass is 680 g/mol. The van der Waals surface area contributed by atoms with Gasteiger partial charge in [-0.15, -0.1) is 0 Å². The first-order valence-electron chi connectivity index (χ1n) is 20.9. The Bertz CT molecular complexity index is 602. The average Bonchev–Trinajstić information content (AvgIpc) is 3.09. The maximum Gasteiger partial charge on any atom is 0.500 e. The van der Waals surface area contributed by atoms with Crippen LogP contribution in [0.15, 0.2) is 24.3 Å². The fraction of sp³-hybridized carbons (Fsp3) is 0.905. The Morgan fingerprint density at radius 3 is 0.957 bits per heavy atom. The molecular formula is C42H85NO3Si. The average molecular weight is 680 g/mol. The predicted molar refractivity (Wildman–Crippen MR) is 212 cm³/mol. The number of unbranched alkanes of at least 4 members (excludes halogenated alkanes) is 24. The SMILES string of the molecule is CCCCCCCC/C=C\CCCCCCCCN(CCCCCCCC/C=C\CCCCCCCC)CCC[Si](OC)(OC)OC. The van der Waals surface area contributed by atoms with E-state index in [1.54, 1.807) is 21.3 Å². The van der Waals surface area contributed by atoms with Crippen LogP contribution in [0.4, 0.5) is 0 Å². The molecular weight excluding hydrogens is 595 g/mol. The zero-order chi connectivity index (χ0) is 34.4. The molecule has 0 aliphatic heterocycles.